The molecule has 0 saturated heterocycles. The van der Waals surface area contributed by atoms with Gasteiger partial charge < -0.3 is 29.1 Å². The zero-order valence-electron chi connectivity index (χ0n) is 19.9. The number of benzene rings is 1. The second kappa shape index (κ2) is 18.1. The number of carbonyl (C=O) groups is 1. The van der Waals surface area contributed by atoms with Crippen LogP contribution in [0.1, 0.15) is 43.1 Å². The number of nitrogens with one attached hydrogen (secondary N) is 1. The highest BCUT2D eigenvalue weighted by Crippen LogP contribution is 2.39. The number of rotatable bonds is 18. The minimum Gasteiger partial charge on any atom is -0.466 e. The molecule has 0 spiro atoms. The van der Waals surface area contributed by atoms with Crippen LogP contribution in [0.2, 0.25) is 5.02 Å². The summed E-state index contributed by atoms with van der Waals surface area (Å²) in [5.41, 5.74) is 0.818. The Balaban J connectivity index is 3.40. The molecule has 34 heavy (non-hydrogen) atoms. The summed E-state index contributed by atoms with van der Waals surface area (Å²) in [5, 5.41) is 8.65. The van der Waals surface area contributed by atoms with Crippen molar-refractivity contribution >= 4 is 53.4 Å². The van der Waals surface area contributed by atoms with Gasteiger partial charge in [-0.1, -0.05) is 39.6 Å². The first-order valence-electron chi connectivity index (χ1n) is 10.9. The molecule has 0 aliphatic rings. The highest BCUT2D eigenvalue weighted by atomic mass is 127. The van der Waals surface area contributed by atoms with E-state index in [4.69, 9.17) is 40.7 Å². The van der Waals surface area contributed by atoms with Crippen LogP contribution in [0, 0.1) is 11.3 Å². The van der Waals surface area contributed by atoms with E-state index < -0.39 is 5.97 Å². The maximum absolute atomic E-state index is 13.1. The third-order valence-corrected chi connectivity index (χ3v) is 6.55. The molecule has 0 heterocycles. The molecular formula is C24H33ClINO6S. The lowest BCUT2D eigenvalue weighted by molar-refractivity contribution is 0.0172. The van der Waals surface area contributed by atoms with Gasteiger partial charge in [-0.05, 0) is 59.0 Å². The highest BCUT2D eigenvalue weighted by molar-refractivity contribution is 14.2. The predicted octanol–water partition coefficient (Wildman–Crippen LogP) is 6.66. The fourth-order valence-corrected chi connectivity index (χ4v) is 3.61. The summed E-state index contributed by atoms with van der Waals surface area (Å²) >= 11 is 8.81. The van der Waals surface area contributed by atoms with Gasteiger partial charge in [-0.15, -0.1) is 6.58 Å². The summed E-state index contributed by atoms with van der Waals surface area (Å²) in [5.74, 6) is 0.849. The summed E-state index contributed by atoms with van der Waals surface area (Å²) in [6, 6.07) is 1.53. The average molecular weight is 626 g/mol. The first kappa shape index (κ1) is 30.8. The number of esters is 1. The third-order valence-electron chi connectivity index (χ3n) is 4.49. The maximum atomic E-state index is 13.1. The van der Waals surface area contributed by atoms with E-state index in [9.17, 15) is 4.79 Å². The summed E-state index contributed by atoms with van der Waals surface area (Å²) in [4.78, 5) is 13.1. The molecule has 0 fully saturated rings. The molecule has 1 aromatic carbocycles. The Bertz CT molecular complexity index is 836. The van der Waals surface area contributed by atoms with Gasteiger partial charge in [0.2, 0.25) is 0 Å². The molecule has 0 radical (unpaired) electrons. The lowest BCUT2D eigenvalue weighted by Gasteiger charge is -2.19. The molecule has 1 unspecified atom stereocenters. The monoisotopic (exact) mass is 625 g/mol. The van der Waals surface area contributed by atoms with E-state index in [0.29, 0.717) is 30.4 Å². The molecule has 0 aliphatic carbocycles. The Labute approximate surface area is 223 Å². The lowest BCUT2D eigenvalue weighted by Crippen LogP contribution is -2.16. The van der Waals surface area contributed by atoms with Crippen LogP contribution in [-0.4, -0.2) is 50.8 Å². The molecule has 10 heteroatoms. The maximum Gasteiger partial charge on any atom is 0.342 e. The fourth-order valence-electron chi connectivity index (χ4n) is 2.66. The number of carbonyl (C=O) groups excluding carboxylic acids is 1. The van der Waals surface area contributed by atoms with Crippen LogP contribution in [-0.2, 0) is 20.6 Å². The molecule has 7 nitrogen and oxygen atoms in total. The van der Waals surface area contributed by atoms with Crippen molar-refractivity contribution in [3.8, 4) is 11.5 Å². The first-order valence-corrected chi connectivity index (χ1v) is 14.8. The van der Waals surface area contributed by atoms with Crippen molar-refractivity contribution in [2.24, 2.45) is 5.92 Å². The molecule has 0 bridgehead atoms. The van der Waals surface area contributed by atoms with E-state index in [-0.39, 0.29) is 54.4 Å². The topological polar surface area (TPSA) is 87.1 Å². The second-order valence-electron chi connectivity index (χ2n) is 7.05. The van der Waals surface area contributed by atoms with E-state index in [1.165, 1.54) is 15.0 Å². The second-order valence-corrected chi connectivity index (χ2v) is 9.93. The van der Waals surface area contributed by atoms with Crippen molar-refractivity contribution in [2.45, 2.75) is 33.6 Å². The number of hydrogen-bond acceptors (Lipinski definition) is 8. The van der Waals surface area contributed by atoms with E-state index in [0.717, 1.165) is 6.42 Å². The lowest BCUT2D eigenvalue weighted by atomic mass is 9.99. The number of hydrogen-bond donors (Lipinski definition) is 1. The van der Waals surface area contributed by atoms with Gasteiger partial charge in [0.15, 0.2) is 13.6 Å². The van der Waals surface area contributed by atoms with Gasteiger partial charge >= 0.3 is 5.97 Å². The van der Waals surface area contributed by atoms with Crippen LogP contribution < -0.4 is 9.47 Å². The largest absolute Gasteiger partial charge is 0.466 e. The fraction of sp³-hybridized carbons (Fsp3) is 0.500. The Morgan fingerprint density at radius 3 is 2.47 bits per heavy atom. The van der Waals surface area contributed by atoms with Gasteiger partial charge in [-0.25, -0.2) is 4.79 Å². The van der Waals surface area contributed by atoms with Crippen LogP contribution in [0.3, 0.4) is 0 Å². The summed E-state index contributed by atoms with van der Waals surface area (Å²) in [6.07, 6.45) is 6.30. The molecule has 1 aromatic rings. The zero-order valence-corrected chi connectivity index (χ0v) is 23.6. The molecule has 1 N–H and O–H groups in total. The van der Waals surface area contributed by atoms with Gasteiger partial charge in [0.25, 0.3) is 0 Å². The minimum atomic E-state index is -0.581. The Morgan fingerprint density at radius 1 is 1.24 bits per heavy atom. The molecule has 1 atom stereocenters. The van der Waals surface area contributed by atoms with Gasteiger partial charge in [0.05, 0.1) is 5.02 Å². The van der Waals surface area contributed by atoms with Gasteiger partial charge in [0, 0.05) is 37.2 Å². The minimum absolute atomic E-state index is 0.0198. The van der Waals surface area contributed by atoms with E-state index >= 15 is 0 Å². The van der Waals surface area contributed by atoms with Gasteiger partial charge in [0.1, 0.15) is 23.7 Å². The molecule has 1 rings (SSSR count). The third kappa shape index (κ3) is 11.0. The van der Waals surface area contributed by atoms with Crippen molar-refractivity contribution in [1.82, 2.24) is 0 Å². The smallest absolute Gasteiger partial charge is 0.342 e. The van der Waals surface area contributed by atoms with E-state index in [1.54, 1.807) is 6.08 Å². The summed E-state index contributed by atoms with van der Waals surface area (Å²) < 4.78 is 27.5. The highest BCUT2D eigenvalue weighted by Gasteiger charge is 2.26. The quantitative estimate of drug-likeness (QED) is 0.0488. The standard InChI is InChI=1S/C24H33ClINO6S/c1-5-17(4)9-8-10-18(27)13-19-22(24(28)31-11-12-34-26)20(32-15-29-6-2)14-21(23(19)25)33-16-30-7-3/h5,8,10,14,17,27H,1,6-7,9,11-13,15-16H2,2-4H3/b10-8+,27-18?. The van der Waals surface area contributed by atoms with Crippen molar-refractivity contribution in [1.29, 1.82) is 5.41 Å². The predicted molar refractivity (Wildman–Crippen MR) is 147 cm³/mol. The Kier molecular flexibility index (Phi) is 16.3. The number of ether oxygens (including phenoxy) is 5. The SMILES string of the molecule is C=CC(C)C/C=C/C(=N)Cc1c(Cl)c(OCOCC)cc(OCOCC)c1C(=O)OCCSI. The molecule has 190 valence electrons. The summed E-state index contributed by atoms with van der Waals surface area (Å²) in [6.45, 7) is 10.6. The molecular weight excluding hydrogens is 593 g/mol. The van der Waals surface area contributed by atoms with Crippen LogP contribution in [0.4, 0.5) is 0 Å². The number of halogens is 2. The number of allylic oxidation sites excluding steroid dienone is 3. The zero-order chi connectivity index (χ0) is 25.3. The van der Waals surface area contributed by atoms with Crippen LogP contribution in [0.15, 0.2) is 30.9 Å². The van der Waals surface area contributed by atoms with Gasteiger partial charge in [-0.3, -0.25) is 0 Å². The normalized spacial score (nSPS) is 11.9. The molecule has 0 aromatic heterocycles. The van der Waals surface area contributed by atoms with E-state index in [2.05, 4.69) is 27.8 Å². The Hall–Kier alpha value is -1.27. The Morgan fingerprint density at radius 2 is 1.88 bits per heavy atom. The van der Waals surface area contributed by atoms with Crippen molar-refractivity contribution in [3.63, 3.8) is 0 Å². The van der Waals surface area contributed by atoms with Crippen LogP contribution in [0.25, 0.3) is 0 Å². The average Bonchev–Trinajstić information content (AvgIpc) is 2.81. The molecule has 0 aliphatic heterocycles. The van der Waals surface area contributed by atoms with Gasteiger partial charge in [-0.2, -0.15) is 0 Å². The van der Waals surface area contributed by atoms with Crippen molar-refractivity contribution in [3.05, 3.63) is 47.0 Å². The molecule has 0 saturated carbocycles. The van der Waals surface area contributed by atoms with Crippen molar-refractivity contribution < 1.29 is 28.5 Å². The first-order chi connectivity index (χ1) is 16.4. The van der Waals surface area contributed by atoms with Crippen LogP contribution >= 0.6 is 41.7 Å². The van der Waals surface area contributed by atoms with Crippen molar-refractivity contribution in [2.75, 3.05) is 39.2 Å². The molecule has 0 amide bonds. The van der Waals surface area contributed by atoms with Crippen LogP contribution in [0.5, 0.6) is 11.5 Å². The van der Waals surface area contributed by atoms with E-state index in [1.807, 2.05) is 32.9 Å². The summed E-state index contributed by atoms with van der Waals surface area (Å²) in [7, 11) is 1.54.